The van der Waals surface area contributed by atoms with Crippen molar-refractivity contribution in [3.8, 4) is 0 Å². The summed E-state index contributed by atoms with van der Waals surface area (Å²) in [5.41, 5.74) is 11.3. The van der Waals surface area contributed by atoms with Crippen molar-refractivity contribution in [1.82, 2.24) is 4.90 Å². The third-order valence-corrected chi connectivity index (χ3v) is 6.43. The molecule has 1 aromatic carbocycles. The van der Waals surface area contributed by atoms with Crippen LogP contribution in [0.15, 0.2) is 28.1 Å². The van der Waals surface area contributed by atoms with Gasteiger partial charge in [-0.1, -0.05) is 0 Å². The summed E-state index contributed by atoms with van der Waals surface area (Å²) < 4.78 is 24.7. The monoisotopic (exact) mass is 465 g/mol. The minimum absolute atomic E-state index is 0. The highest BCUT2D eigenvalue weighted by Gasteiger charge is 2.28. The van der Waals surface area contributed by atoms with Crippen molar-refractivity contribution in [2.45, 2.75) is 36.6 Å². The summed E-state index contributed by atoms with van der Waals surface area (Å²) in [5, 5.41) is 0. The van der Waals surface area contributed by atoms with Crippen LogP contribution in [0.2, 0.25) is 0 Å². The number of halogens is 2. The molecule has 0 aromatic heterocycles. The van der Waals surface area contributed by atoms with E-state index >= 15 is 0 Å². The van der Waals surface area contributed by atoms with Crippen molar-refractivity contribution in [1.29, 1.82) is 0 Å². The molecular weight excluding hydrogens is 437 g/mol. The lowest BCUT2D eigenvalue weighted by atomic mass is 10.0. The molecule has 0 atom stereocenters. The zero-order valence-corrected chi connectivity index (χ0v) is 18.9. The van der Waals surface area contributed by atoms with Crippen LogP contribution in [0, 0.1) is 0 Å². The number of hydrogen-bond acceptors (Lipinski definition) is 5. The van der Waals surface area contributed by atoms with Crippen molar-refractivity contribution >= 4 is 52.2 Å². The van der Waals surface area contributed by atoms with E-state index in [0.29, 0.717) is 11.7 Å². The molecule has 0 bridgehead atoms. The average Bonchev–Trinajstić information content (AvgIpc) is 3.15. The van der Waals surface area contributed by atoms with Crippen LogP contribution < -0.4 is 16.4 Å². The molecule has 11 heteroatoms. The van der Waals surface area contributed by atoms with Crippen molar-refractivity contribution in [3.05, 3.63) is 23.8 Å². The first-order valence-electron chi connectivity index (χ1n) is 9.23. The minimum atomic E-state index is -3.51. The number of nitrogens with zero attached hydrogens (tertiary/aromatic N) is 3. The molecule has 1 aromatic rings. The van der Waals surface area contributed by atoms with Crippen molar-refractivity contribution in [2.75, 3.05) is 37.3 Å². The molecule has 3 rings (SSSR count). The number of benzene rings is 1. The number of carbonyl (C=O) groups is 1. The second-order valence-electron chi connectivity index (χ2n) is 7.26. The Balaban J connectivity index is 0.00000210. The maximum absolute atomic E-state index is 12.3. The van der Waals surface area contributed by atoms with Gasteiger partial charge in [0.2, 0.25) is 0 Å². The normalized spacial score (nSPS) is 17.9. The van der Waals surface area contributed by atoms with Gasteiger partial charge < -0.3 is 21.3 Å². The zero-order valence-electron chi connectivity index (χ0n) is 16.4. The Bertz CT molecular complexity index is 845. The summed E-state index contributed by atoms with van der Waals surface area (Å²) >= 11 is 0. The summed E-state index contributed by atoms with van der Waals surface area (Å²) in [7, 11) is -3.51. The van der Waals surface area contributed by atoms with Crippen LogP contribution in [0.1, 0.15) is 36.0 Å². The largest absolute Gasteiger partial charge is 0.370 e. The third-order valence-electron chi connectivity index (χ3n) is 5.30. The number of anilines is 1. The lowest BCUT2D eigenvalue weighted by Gasteiger charge is -2.38. The fourth-order valence-corrected chi connectivity index (χ4v) is 4.88. The van der Waals surface area contributed by atoms with E-state index in [1.54, 1.807) is 12.1 Å². The number of sulfone groups is 1. The Morgan fingerprint density at radius 3 is 2.17 bits per heavy atom. The summed E-state index contributed by atoms with van der Waals surface area (Å²) in [6.45, 7) is 3.93. The number of guanidine groups is 1. The predicted octanol–water partition coefficient (Wildman–Crippen LogP) is 1.41. The van der Waals surface area contributed by atoms with E-state index in [4.69, 9.17) is 11.5 Å². The van der Waals surface area contributed by atoms with E-state index in [9.17, 15) is 13.2 Å². The topological polar surface area (TPSA) is 122 Å². The summed E-state index contributed by atoms with van der Waals surface area (Å²) in [5.74, 6) is -1.01. The molecule has 164 valence electrons. The lowest BCUT2D eigenvalue weighted by Crippen LogP contribution is -2.44. The fourth-order valence-electron chi connectivity index (χ4n) is 3.97. The minimum Gasteiger partial charge on any atom is -0.370 e. The standard InChI is InChI=1S/C18H27N5O3S.2ClH/c1-27(25,26)16-12-13(17(24)21-18(19)20)4-5-15(16)23-10-6-14(7-11-23)22-8-2-3-9-22;;/h4-5,12,14H,2-3,6-11H2,1H3,(H4,19,20,21,24);2*1H. The molecule has 0 unspecified atom stereocenters. The molecule has 2 aliphatic heterocycles. The molecule has 2 aliphatic rings. The Kier molecular flexibility index (Phi) is 9.20. The number of rotatable bonds is 4. The first kappa shape index (κ1) is 25.5. The number of piperidine rings is 1. The molecule has 2 saturated heterocycles. The first-order valence-corrected chi connectivity index (χ1v) is 11.1. The van der Waals surface area contributed by atoms with Gasteiger partial charge in [-0.15, -0.1) is 24.8 Å². The molecule has 29 heavy (non-hydrogen) atoms. The highest BCUT2D eigenvalue weighted by atomic mass is 35.5. The number of likely N-dealkylation sites (tertiary alicyclic amines) is 1. The summed E-state index contributed by atoms with van der Waals surface area (Å²) in [6.07, 6.45) is 5.71. The number of aliphatic imine (C=N–C) groups is 1. The van der Waals surface area contributed by atoms with Crippen LogP contribution in [0.5, 0.6) is 0 Å². The predicted molar refractivity (Wildman–Crippen MR) is 120 cm³/mol. The fraction of sp³-hybridized carbons (Fsp3) is 0.556. The molecule has 0 spiro atoms. The van der Waals surface area contributed by atoms with E-state index in [2.05, 4.69) is 14.8 Å². The van der Waals surface area contributed by atoms with E-state index in [1.807, 2.05) is 0 Å². The summed E-state index contributed by atoms with van der Waals surface area (Å²) in [4.78, 5) is 20.3. The zero-order chi connectivity index (χ0) is 19.6. The van der Waals surface area contributed by atoms with Crippen LogP contribution in [0.25, 0.3) is 0 Å². The molecule has 2 fully saturated rings. The van der Waals surface area contributed by atoms with Gasteiger partial charge in [-0.05, 0) is 57.0 Å². The quantitative estimate of drug-likeness (QED) is 0.508. The molecule has 2 heterocycles. The van der Waals surface area contributed by atoms with Crippen molar-refractivity contribution in [3.63, 3.8) is 0 Å². The molecule has 0 radical (unpaired) electrons. The Morgan fingerprint density at radius 1 is 1.07 bits per heavy atom. The Labute approximate surface area is 184 Å². The van der Waals surface area contributed by atoms with Gasteiger partial charge in [-0.2, -0.15) is 4.99 Å². The number of nitrogens with two attached hydrogens (primary N) is 2. The van der Waals surface area contributed by atoms with Gasteiger partial charge in [-0.3, -0.25) is 4.79 Å². The van der Waals surface area contributed by atoms with Crippen molar-refractivity contribution < 1.29 is 13.2 Å². The van der Waals surface area contributed by atoms with E-state index in [1.165, 1.54) is 32.0 Å². The molecule has 4 N–H and O–H groups in total. The van der Waals surface area contributed by atoms with Crippen LogP contribution in [0.4, 0.5) is 5.69 Å². The highest BCUT2D eigenvalue weighted by Crippen LogP contribution is 2.31. The van der Waals surface area contributed by atoms with Crippen LogP contribution >= 0.6 is 24.8 Å². The Morgan fingerprint density at radius 2 is 1.66 bits per heavy atom. The number of carbonyl (C=O) groups excluding carboxylic acids is 1. The number of hydrogen-bond donors (Lipinski definition) is 2. The van der Waals surface area contributed by atoms with Gasteiger partial charge in [-0.25, -0.2) is 8.42 Å². The maximum Gasteiger partial charge on any atom is 0.280 e. The molecule has 8 nitrogen and oxygen atoms in total. The third kappa shape index (κ3) is 6.21. The van der Waals surface area contributed by atoms with Gasteiger partial charge in [0, 0.05) is 31.0 Å². The molecule has 0 saturated carbocycles. The van der Waals surface area contributed by atoms with Crippen molar-refractivity contribution in [2.24, 2.45) is 16.5 Å². The van der Waals surface area contributed by atoms with Crippen LogP contribution in [-0.2, 0) is 9.84 Å². The SMILES string of the molecule is CS(=O)(=O)c1cc(C(=O)N=C(N)N)ccc1N1CCC(N2CCCC2)CC1.Cl.Cl. The average molecular weight is 466 g/mol. The lowest BCUT2D eigenvalue weighted by molar-refractivity contribution is 0.100. The van der Waals surface area contributed by atoms with Gasteiger partial charge in [0.25, 0.3) is 5.91 Å². The first-order chi connectivity index (χ1) is 12.8. The van der Waals surface area contributed by atoms with E-state index in [-0.39, 0.29) is 41.2 Å². The summed E-state index contributed by atoms with van der Waals surface area (Å²) in [6, 6.07) is 5.20. The van der Waals surface area contributed by atoms with Crippen LogP contribution in [-0.4, -0.2) is 63.7 Å². The molecular formula is C18H29Cl2N5O3S. The van der Waals surface area contributed by atoms with Gasteiger partial charge in [0.15, 0.2) is 15.8 Å². The number of amides is 1. The highest BCUT2D eigenvalue weighted by molar-refractivity contribution is 7.90. The molecule has 1 amide bonds. The van der Waals surface area contributed by atoms with E-state index < -0.39 is 15.7 Å². The Hall–Kier alpha value is -1.55. The van der Waals surface area contributed by atoms with Gasteiger partial charge in [0.05, 0.1) is 10.6 Å². The van der Waals surface area contributed by atoms with Gasteiger partial charge >= 0.3 is 0 Å². The second kappa shape index (κ2) is 10.5. The smallest absolute Gasteiger partial charge is 0.280 e. The second-order valence-corrected chi connectivity index (χ2v) is 9.24. The molecule has 0 aliphatic carbocycles. The van der Waals surface area contributed by atoms with Gasteiger partial charge in [0.1, 0.15) is 0 Å². The van der Waals surface area contributed by atoms with E-state index in [0.717, 1.165) is 32.2 Å². The van der Waals surface area contributed by atoms with Crippen LogP contribution in [0.3, 0.4) is 0 Å². The maximum atomic E-state index is 12.3.